The van der Waals surface area contributed by atoms with Crippen LogP contribution in [0.2, 0.25) is 0 Å². The highest BCUT2D eigenvalue weighted by molar-refractivity contribution is 7.20. The number of thiophene rings is 1. The SMILES string of the molecule is Cc1ccc(C2(C)Oc3cccc(N4CCN(Cc5nc6sc(C(=O)O)cc6n5CC5CCO5)CC4)c3O2)c(F)c1. The summed E-state index contributed by atoms with van der Waals surface area (Å²) in [5.41, 5.74) is 3.01. The van der Waals surface area contributed by atoms with E-state index in [4.69, 9.17) is 19.2 Å². The summed E-state index contributed by atoms with van der Waals surface area (Å²) in [6, 6.07) is 12.6. The largest absolute Gasteiger partial charge is 0.477 e. The Balaban J connectivity index is 1.07. The molecule has 3 aliphatic rings. The first kappa shape index (κ1) is 26.2. The average molecular weight is 579 g/mol. The van der Waals surface area contributed by atoms with E-state index in [0.29, 0.717) is 35.0 Å². The molecule has 0 amide bonds. The molecule has 4 aromatic rings. The number of fused-ring (bicyclic) bond motifs is 2. The van der Waals surface area contributed by atoms with Crippen LogP contribution in [0.4, 0.5) is 10.1 Å². The Morgan fingerprint density at radius 3 is 2.68 bits per heavy atom. The normalized spacial score (nSPS) is 22.3. The van der Waals surface area contributed by atoms with Crippen molar-refractivity contribution in [1.82, 2.24) is 14.5 Å². The van der Waals surface area contributed by atoms with E-state index in [2.05, 4.69) is 14.4 Å². The van der Waals surface area contributed by atoms with Crippen molar-refractivity contribution in [2.24, 2.45) is 0 Å². The average Bonchev–Trinajstić information content (AvgIpc) is 3.57. The molecule has 0 radical (unpaired) electrons. The summed E-state index contributed by atoms with van der Waals surface area (Å²) in [6.45, 7) is 8.90. The van der Waals surface area contributed by atoms with Crippen LogP contribution in [0, 0.1) is 12.7 Å². The van der Waals surface area contributed by atoms with Gasteiger partial charge in [0.25, 0.3) is 5.79 Å². The minimum absolute atomic E-state index is 0.137. The van der Waals surface area contributed by atoms with Crippen molar-refractivity contribution in [3.05, 3.63) is 70.1 Å². The van der Waals surface area contributed by atoms with Crippen molar-refractivity contribution in [1.29, 1.82) is 0 Å². The van der Waals surface area contributed by atoms with E-state index in [-0.39, 0.29) is 11.9 Å². The molecule has 5 heterocycles. The van der Waals surface area contributed by atoms with Crippen LogP contribution in [0.15, 0.2) is 42.5 Å². The van der Waals surface area contributed by atoms with E-state index in [1.165, 1.54) is 17.4 Å². The molecule has 2 aromatic carbocycles. The van der Waals surface area contributed by atoms with E-state index >= 15 is 0 Å². The number of para-hydroxylation sites is 1. The van der Waals surface area contributed by atoms with E-state index < -0.39 is 11.8 Å². The Bertz CT molecular complexity index is 1640. The van der Waals surface area contributed by atoms with Gasteiger partial charge < -0.3 is 28.8 Å². The molecular weight excluding hydrogens is 547 g/mol. The minimum Gasteiger partial charge on any atom is -0.477 e. The lowest BCUT2D eigenvalue weighted by molar-refractivity contribution is -0.0705. The minimum atomic E-state index is -1.24. The number of imidazole rings is 1. The fourth-order valence-electron chi connectivity index (χ4n) is 5.83. The summed E-state index contributed by atoms with van der Waals surface area (Å²) in [7, 11) is 0. The number of aromatic nitrogens is 2. The molecule has 2 aromatic heterocycles. The monoisotopic (exact) mass is 578 g/mol. The number of nitrogens with zero attached hydrogens (tertiary/aromatic N) is 4. The number of aromatic carboxylic acids is 1. The second-order valence-electron chi connectivity index (χ2n) is 11.0. The number of hydrogen-bond donors (Lipinski definition) is 1. The zero-order chi connectivity index (χ0) is 28.3. The van der Waals surface area contributed by atoms with Gasteiger partial charge in [0.2, 0.25) is 0 Å². The van der Waals surface area contributed by atoms with Gasteiger partial charge in [-0.05, 0) is 49.2 Å². The van der Waals surface area contributed by atoms with E-state index in [1.807, 2.05) is 31.2 Å². The number of aryl methyl sites for hydroxylation is 1. The highest BCUT2D eigenvalue weighted by Gasteiger charge is 2.42. The van der Waals surface area contributed by atoms with Crippen LogP contribution in [-0.2, 0) is 23.6 Å². The Labute approximate surface area is 240 Å². The van der Waals surface area contributed by atoms with Crippen LogP contribution < -0.4 is 14.4 Å². The summed E-state index contributed by atoms with van der Waals surface area (Å²) >= 11 is 1.22. The van der Waals surface area contributed by atoms with Gasteiger partial charge in [0.1, 0.15) is 21.3 Å². The molecule has 1 N–H and O–H groups in total. The first-order valence-corrected chi connectivity index (χ1v) is 14.7. The predicted octanol–water partition coefficient (Wildman–Crippen LogP) is 5.00. The van der Waals surface area contributed by atoms with Crippen molar-refractivity contribution in [2.45, 2.75) is 45.2 Å². The lowest BCUT2D eigenvalue weighted by atomic mass is 10.0. The summed E-state index contributed by atoms with van der Waals surface area (Å²) in [5.74, 6) is -0.352. The first-order valence-electron chi connectivity index (χ1n) is 13.9. The maximum Gasteiger partial charge on any atom is 0.346 e. The van der Waals surface area contributed by atoms with Crippen molar-refractivity contribution in [3.8, 4) is 11.5 Å². The predicted molar refractivity (Wildman–Crippen MR) is 153 cm³/mol. The Morgan fingerprint density at radius 2 is 1.98 bits per heavy atom. The van der Waals surface area contributed by atoms with Gasteiger partial charge in [-0.1, -0.05) is 12.1 Å². The molecule has 0 saturated carbocycles. The third kappa shape index (κ3) is 4.71. The number of benzene rings is 2. The topological polar surface area (TPSA) is 89.3 Å². The zero-order valence-electron chi connectivity index (χ0n) is 22.9. The zero-order valence-corrected chi connectivity index (χ0v) is 23.7. The summed E-state index contributed by atoms with van der Waals surface area (Å²) in [5, 5.41) is 9.45. The lowest BCUT2D eigenvalue weighted by Gasteiger charge is -2.36. The van der Waals surface area contributed by atoms with Gasteiger partial charge in [0, 0.05) is 39.7 Å². The molecule has 11 heteroatoms. The maximum atomic E-state index is 14.9. The Hall–Kier alpha value is -3.67. The summed E-state index contributed by atoms with van der Waals surface area (Å²) in [6.07, 6.45) is 1.13. The lowest BCUT2D eigenvalue weighted by Crippen LogP contribution is -2.46. The van der Waals surface area contributed by atoms with Crippen LogP contribution in [0.25, 0.3) is 10.3 Å². The van der Waals surface area contributed by atoms with Gasteiger partial charge in [0.05, 0.1) is 36.0 Å². The third-order valence-corrected chi connectivity index (χ3v) is 9.17. The van der Waals surface area contributed by atoms with Crippen molar-refractivity contribution in [2.75, 3.05) is 37.7 Å². The molecule has 3 aliphatic heterocycles. The highest BCUT2D eigenvalue weighted by atomic mass is 32.1. The number of anilines is 1. The van der Waals surface area contributed by atoms with Gasteiger partial charge in [-0.3, -0.25) is 4.90 Å². The Kier molecular flexibility index (Phi) is 6.40. The van der Waals surface area contributed by atoms with Gasteiger partial charge in [0.15, 0.2) is 11.5 Å². The molecule has 0 aliphatic carbocycles. The van der Waals surface area contributed by atoms with Crippen LogP contribution in [0.1, 0.15) is 40.0 Å². The van der Waals surface area contributed by atoms with Crippen molar-refractivity contribution in [3.63, 3.8) is 0 Å². The second kappa shape index (κ2) is 10.0. The molecule has 2 saturated heterocycles. The molecule has 0 bridgehead atoms. The molecule has 9 nitrogen and oxygen atoms in total. The summed E-state index contributed by atoms with van der Waals surface area (Å²) in [4.78, 5) is 22.1. The van der Waals surface area contributed by atoms with Crippen LogP contribution in [0.5, 0.6) is 11.5 Å². The maximum absolute atomic E-state index is 14.9. The first-order chi connectivity index (χ1) is 19.8. The van der Waals surface area contributed by atoms with Gasteiger partial charge >= 0.3 is 5.97 Å². The molecule has 214 valence electrons. The smallest absolute Gasteiger partial charge is 0.346 e. The standard InChI is InChI=1S/C30H31FN4O5S/c1-18-6-7-20(21(31)14-18)30(2)39-24-5-3-4-22(27(24)40-30)34-11-9-33(10-12-34)17-26-32-28-23(15-25(41-28)29(36)37)35(26)16-19-8-13-38-19/h3-7,14-15,19H,8-13,16-17H2,1-2H3,(H,36,37). The fourth-order valence-corrected chi connectivity index (χ4v) is 6.72. The summed E-state index contributed by atoms with van der Waals surface area (Å²) < 4.78 is 35.2. The van der Waals surface area contributed by atoms with Crippen LogP contribution in [-0.4, -0.2) is 64.4 Å². The van der Waals surface area contributed by atoms with E-state index in [9.17, 15) is 14.3 Å². The fraction of sp³-hybridized carbons (Fsp3) is 0.400. The molecule has 2 unspecified atom stereocenters. The number of carboxylic acid groups (broad SMARTS) is 1. The highest BCUT2D eigenvalue weighted by Crippen LogP contribution is 2.49. The van der Waals surface area contributed by atoms with Gasteiger partial charge in [-0.2, -0.15) is 0 Å². The van der Waals surface area contributed by atoms with Crippen LogP contribution >= 0.6 is 11.3 Å². The Morgan fingerprint density at radius 1 is 1.17 bits per heavy atom. The number of halogens is 1. The van der Waals surface area contributed by atoms with Gasteiger partial charge in [-0.15, -0.1) is 11.3 Å². The van der Waals surface area contributed by atoms with E-state index in [1.54, 1.807) is 19.1 Å². The number of rotatable bonds is 7. The molecule has 2 atom stereocenters. The number of carboxylic acids is 1. The molecule has 0 spiro atoms. The second-order valence-corrected chi connectivity index (χ2v) is 12.1. The molecular formula is C30H31FN4O5S. The molecule has 2 fully saturated rings. The number of piperazine rings is 1. The van der Waals surface area contributed by atoms with E-state index in [0.717, 1.165) is 66.6 Å². The van der Waals surface area contributed by atoms with Crippen molar-refractivity contribution < 1.29 is 28.5 Å². The van der Waals surface area contributed by atoms with Crippen molar-refractivity contribution >= 4 is 33.3 Å². The third-order valence-electron chi connectivity index (χ3n) is 8.17. The number of hydrogen-bond acceptors (Lipinski definition) is 8. The molecule has 7 rings (SSSR count). The quantitative estimate of drug-likeness (QED) is 0.328. The molecule has 41 heavy (non-hydrogen) atoms. The number of ether oxygens (including phenoxy) is 3. The van der Waals surface area contributed by atoms with Gasteiger partial charge in [-0.25, -0.2) is 14.2 Å². The van der Waals surface area contributed by atoms with Crippen LogP contribution in [0.3, 0.4) is 0 Å². The number of carbonyl (C=O) groups is 1.